The molecule has 0 atom stereocenters. The Hall–Kier alpha value is -0.830. The molecule has 0 radical (unpaired) electrons. The second-order valence-electron chi connectivity index (χ2n) is 3.05. The van der Waals surface area contributed by atoms with E-state index in [4.69, 9.17) is 0 Å². The minimum atomic E-state index is -0.103. The largest absolute Gasteiger partial charge is 0.300 e. The van der Waals surface area contributed by atoms with Crippen LogP contribution >= 0.6 is 15.9 Å². The zero-order valence-electron chi connectivity index (χ0n) is 7.70. The first-order chi connectivity index (χ1) is 6.13. The summed E-state index contributed by atoms with van der Waals surface area (Å²) in [6.45, 7) is 3.96. The van der Waals surface area contributed by atoms with Gasteiger partial charge in [-0.2, -0.15) is 0 Å². The monoisotopic (exact) mass is 241 g/mol. The number of amides is 1. The van der Waals surface area contributed by atoms with Crippen molar-refractivity contribution in [2.75, 3.05) is 4.90 Å². The summed E-state index contributed by atoms with van der Waals surface area (Å²) in [5.41, 5.74) is 0.916. The number of hydrogen-bond donors (Lipinski definition) is 0. The zero-order chi connectivity index (χ0) is 9.84. The molecule has 0 aromatic heterocycles. The Kier molecular flexibility index (Phi) is 3.48. The third-order valence-electron chi connectivity index (χ3n) is 1.74. The topological polar surface area (TPSA) is 20.3 Å². The van der Waals surface area contributed by atoms with E-state index < -0.39 is 0 Å². The van der Waals surface area contributed by atoms with Crippen molar-refractivity contribution < 1.29 is 4.79 Å². The third kappa shape index (κ3) is 2.56. The average molecular weight is 242 g/mol. The van der Waals surface area contributed by atoms with E-state index in [9.17, 15) is 4.79 Å². The van der Waals surface area contributed by atoms with Gasteiger partial charge in [-0.15, -0.1) is 0 Å². The van der Waals surface area contributed by atoms with Crippen LogP contribution in [0.1, 0.15) is 13.8 Å². The van der Waals surface area contributed by atoms with Crippen molar-refractivity contribution in [2.24, 2.45) is 0 Å². The van der Waals surface area contributed by atoms with Crippen molar-refractivity contribution in [3.63, 3.8) is 0 Å². The van der Waals surface area contributed by atoms with Gasteiger partial charge in [-0.05, 0) is 26.0 Å². The molecule has 0 aliphatic heterocycles. The van der Waals surface area contributed by atoms with E-state index in [2.05, 4.69) is 15.9 Å². The van der Waals surface area contributed by atoms with Gasteiger partial charge in [0.15, 0.2) is 0 Å². The summed E-state index contributed by atoms with van der Waals surface area (Å²) in [5.74, 6) is 0. The van der Waals surface area contributed by atoms with Gasteiger partial charge in [-0.25, -0.2) is 0 Å². The summed E-state index contributed by atoms with van der Waals surface area (Å²) < 4.78 is 0. The molecule has 0 bridgehead atoms. The number of rotatable bonds is 2. The van der Waals surface area contributed by atoms with Crippen LogP contribution < -0.4 is 4.90 Å². The highest BCUT2D eigenvalue weighted by Gasteiger charge is 2.15. The molecule has 1 aromatic carbocycles. The Balaban J connectivity index is 2.96. The number of halogens is 1. The van der Waals surface area contributed by atoms with Gasteiger partial charge >= 0.3 is 0 Å². The zero-order valence-corrected chi connectivity index (χ0v) is 9.28. The second kappa shape index (κ2) is 4.42. The van der Waals surface area contributed by atoms with Crippen LogP contribution in [0.5, 0.6) is 0 Å². The molecule has 2 nitrogen and oxygen atoms in total. The number of hydrogen-bond acceptors (Lipinski definition) is 1. The molecule has 0 N–H and O–H groups in total. The molecule has 0 aliphatic carbocycles. The molecule has 70 valence electrons. The smallest absolute Gasteiger partial charge is 0.294 e. The minimum Gasteiger partial charge on any atom is -0.300 e. The highest BCUT2D eigenvalue weighted by Crippen LogP contribution is 2.18. The first-order valence-electron chi connectivity index (χ1n) is 4.16. The fourth-order valence-corrected chi connectivity index (χ4v) is 1.81. The van der Waals surface area contributed by atoms with E-state index in [1.165, 1.54) is 0 Å². The van der Waals surface area contributed by atoms with Gasteiger partial charge in [0.05, 0.1) is 0 Å². The lowest BCUT2D eigenvalue weighted by Crippen LogP contribution is -2.32. The van der Waals surface area contributed by atoms with Crippen molar-refractivity contribution in [3.05, 3.63) is 30.3 Å². The number of carbonyl (C=O) groups excluding carboxylic acids is 1. The minimum absolute atomic E-state index is 0.103. The lowest BCUT2D eigenvalue weighted by atomic mass is 10.2. The average Bonchev–Trinajstić information content (AvgIpc) is 2.04. The van der Waals surface area contributed by atoms with Crippen LogP contribution in [0.2, 0.25) is 0 Å². The second-order valence-corrected chi connectivity index (χ2v) is 3.73. The molecule has 1 aromatic rings. The molecule has 0 saturated carbocycles. The Labute approximate surface area is 86.7 Å². The maximum Gasteiger partial charge on any atom is 0.294 e. The SMILES string of the molecule is CC(C)N(C(=O)Br)c1ccccc1. The maximum atomic E-state index is 11.2. The number of anilines is 1. The summed E-state index contributed by atoms with van der Waals surface area (Å²) in [5, 5.41) is 0. The quantitative estimate of drug-likeness (QED) is 0.574. The van der Waals surface area contributed by atoms with Gasteiger partial charge in [-0.1, -0.05) is 18.2 Å². The molecule has 1 rings (SSSR count). The fraction of sp³-hybridized carbons (Fsp3) is 0.300. The summed E-state index contributed by atoms with van der Waals surface area (Å²) in [6, 6.07) is 9.76. The van der Waals surface area contributed by atoms with Crippen molar-refractivity contribution >= 4 is 26.4 Å². The van der Waals surface area contributed by atoms with Crippen molar-refractivity contribution in [1.29, 1.82) is 0 Å². The molecule has 0 aliphatic rings. The Bertz CT molecular complexity index is 284. The van der Waals surface area contributed by atoms with E-state index in [1.807, 2.05) is 44.2 Å². The van der Waals surface area contributed by atoms with Gasteiger partial charge < -0.3 is 4.90 Å². The van der Waals surface area contributed by atoms with Gasteiger partial charge in [0.2, 0.25) is 0 Å². The molecule has 0 fully saturated rings. The van der Waals surface area contributed by atoms with Crippen LogP contribution in [0.3, 0.4) is 0 Å². The van der Waals surface area contributed by atoms with Gasteiger partial charge in [0.25, 0.3) is 4.82 Å². The number of para-hydroxylation sites is 1. The predicted molar refractivity (Wildman–Crippen MR) is 58.4 cm³/mol. The Morgan fingerprint density at radius 1 is 1.31 bits per heavy atom. The van der Waals surface area contributed by atoms with Gasteiger partial charge in [0.1, 0.15) is 0 Å². The predicted octanol–water partition coefficient (Wildman–Crippen LogP) is 3.42. The molecular formula is C10H12BrNO. The van der Waals surface area contributed by atoms with E-state index in [-0.39, 0.29) is 10.9 Å². The van der Waals surface area contributed by atoms with Crippen LogP contribution in [0, 0.1) is 0 Å². The molecule has 13 heavy (non-hydrogen) atoms. The maximum absolute atomic E-state index is 11.2. The summed E-state index contributed by atoms with van der Waals surface area (Å²) >= 11 is 2.97. The van der Waals surface area contributed by atoms with E-state index in [0.717, 1.165) is 5.69 Å². The molecule has 1 amide bonds. The van der Waals surface area contributed by atoms with Gasteiger partial charge in [0, 0.05) is 27.7 Å². The Morgan fingerprint density at radius 3 is 2.23 bits per heavy atom. The summed E-state index contributed by atoms with van der Waals surface area (Å²) in [6.07, 6.45) is 0. The first-order valence-corrected chi connectivity index (χ1v) is 4.96. The number of nitrogens with zero attached hydrogens (tertiary/aromatic N) is 1. The van der Waals surface area contributed by atoms with Crippen LogP contribution in [-0.2, 0) is 0 Å². The lowest BCUT2D eigenvalue weighted by Gasteiger charge is -2.24. The lowest BCUT2D eigenvalue weighted by molar-refractivity contribution is 0.265. The molecule has 3 heteroatoms. The molecule has 0 unspecified atom stereocenters. The fourth-order valence-electron chi connectivity index (χ4n) is 1.19. The summed E-state index contributed by atoms with van der Waals surface area (Å²) in [4.78, 5) is 12.8. The van der Waals surface area contributed by atoms with E-state index in [1.54, 1.807) is 4.90 Å². The molecule has 0 saturated heterocycles. The van der Waals surface area contributed by atoms with Crippen LogP contribution in [0.4, 0.5) is 10.5 Å². The van der Waals surface area contributed by atoms with Crippen molar-refractivity contribution in [2.45, 2.75) is 19.9 Å². The molecule has 0 spiro atoms. The molecular weight excluding hydrogens is 230 g/mol. The highest BCUT2D eigenvalue weighted by atomic mass is 79.9. The van der Waals surface area contributed by atoms with Crippen LogP contribution in [0.25, 0.3) is 0 Å². The van der Waals surface area contributed by atoms with Crippen molar-refractivity contribution in [1.82, 2.24) is 0 Å². The van der Waals surface area contributed by atoms with E-state index >= 15 is 0 Å². The molecule has 0 heterocycles. The third-order valence-corrected chi connectivity index (χ3v) is 2.12. The first kappa shape index (κ1) is 10.3. The Morgan fingerprint density at radius 2 is 1.85 bits per heavy atom. The highest BCUT2D eigenvalue weighted by molar-refractivity contribution is 9.18. The normalized spacial score (nSPS) is 10.2. The van der Waals surface area contributed by atoms with Gasteiger partial charge in [-0.3, -0.25) is 4.79 Å². The summed E-state index contributed by atoms with van der Waals surface area (Å²) in [7, 11) is 0. The number of benzene rings is 1. The number of carbonyl (C=O) groups is 1. The van der Waals surface area contributed by atoms with Crippen LogP contribution in [0.15, 0.2) is 30.3 Å². The van der Waals surface area contributed by atoms with E-state index in [0.29, 0.717) is 0 Å². The standard InChI is InChI=1S/C10H12BrNO/c1-8(2)12(10(11)13)9-6-4-3-5-7-9/h3-8H,1-2H3. The van der Waals surface area contributed by atoms with Crippen LogP contribution in [-0.4, -0.2) is 10.9 Å². The van der Waals surface area contributed by atoms with Crippen molar-refractivity contribution in [3.8, 4) is 0 Å².